The molecule has 0 aromatic heterocycles. The number of benzene rings is 2. The Labute approximate surface area is 162 Å². The summed E-state index contributed by atoms with van der Waals surface area (Å²) in [5.41, 5.74) is 0.820. The summed E-state index contributed by atoms with van der Waals surface area (Å²) in [5, 5.41) is 0. The first-order valence-corrected chi connectivity index (χ1v) is 10.2. The summed E-state index contributed by atoms with van der Waals surface area (Å²) < 4.78 is 44.2. The number of hydrogen-bond donors (Lipinski definition) is 1. The second kappa shape index (κ2) is 9.36. The third-order valence-electron chi connectivity index (χ3n) is 3.70. The van der Waals surface area contributed by atoms with Gasteiger partial charge < -0.3 is 14.2 Å². The van der Waals surface area contributed by atoms with Crippen LogP contribution in [0.5, 0.6) is 11.5 Å². The van der Waals surface area contributed by atoms with E-state index in [9.17, 15) is 8.42 Å². The Morgan fingerprint density at radius 2 is 1.77 bits per heavy atom. The number of hydrogen-bond acceptors (Lipinski definition) is 5. The van der Waals surface area contributed by atoms with Gasteiger partial charge in [0, 0.05) is 13.2 Å². The number of rotatable bonds is 9. The lowest BCUT2D eigenvalue weighted by atomic mass is 10.1. The highest BCUT2D eigenvalue weighted by molar-refractivity contribution is 9.10. The summed E-state index contributed by atoms with van der Waals surface area (Å²) in [4.78, 5) is 0.177. The van der Waals surface area contributed by atoms with Crippen molar-refractivity contribution in [2.24, 2.45) is 0 Å². The molecule has 0 fully saturated rings. The fourth-order valence-corrected chi connectivity index (χ4v) is 4.07. The molecule has 142 valence electrons. The average Bonchev–Trinajstić information content (AvgIpc) is 2.62. The first-order valence-electron chi connectivity index (χ1n) is 7.95. The van der Waals surface area contributed by atoms with Crippen LogP contribution < -0.4 is 14.2 Å². The zero-order valence-electron chi connectivity index (χ0n) is 14.9. The summed E-state index contributed by atoms with van der Waals surface area (Å²) in [6.45, 7) is 2.66. The lowest BCUT2D eigenvalue weighted by Gasteiger charge is -2.16. The van der Waals surface area contributed by atoms with E-state index in [2.05, 4.69) is 20.7 Å². The van der Waals surface area contributed by atoms with E-state index in [0.717, 1.165) is 10.0 Å². The summed E-state index contributed by atoms with van der Waals surface area (Å²) in [6.07, 6.45) is 0. The molecule has 0 saturated heterocycles. The van der Waals surface area contributed by atoms with Crippen LogP contribution in [-0.2, 0) is 14.8 Å². The summed E-state index contributed by atoms with van der Waals surface area (Å²) in [5.74, 6) is 1.28. The Balaban J connectivity index is 2.08. The predicted octanol–water partition coefficient (Wildman–Crippen LogP) is 3.52. The minimum atomic E-state index is -3.65. The maximum Gasteiger partial charge on any atom is 0.241 e. The van der Waals surface area contributed by atoms with Crippen LogP contribution >= 0.6 is 15.9 Å². The second-order valence-corrected chi connectivity index (χ2v) is 8.12. The molecule has 0 radical (unpaired) electrons. The Morgan fingerprint density at radius 1 is 1.08 bits per heavy atom. The first kappa shape index (κ1) is 20.7. The topological polar surface area (TPSA) is 73.9 Å². The highest BCUT2D eigenvalue weighted by Crippen LogP contribution is 2.28. The van der Waals surface area contributed by atoms with Gasteiger partial charge in [-0.15, -0.1) is 0 Å². The molecule has 0 aliphatic carbocycles. The van der Waals surface area contributed by atoms with Crippen LogP contribution in [-0.4, -0.2) is 35.9 Å². The quantitative estimate of drug-likeness (QED) is 0.600. The Kier molecular flexibility index (Phi) is 7.45. The van der Waals surface area contributed by atoms with E-state index in [4.69, 9.17) is 14.2 Å². The molecule has 0 saturated carbocycles. The van der Waals surface area contributed by atoms with E-state index in [1.807, 2.05) is 12.1 Å². The number of nitrogens with one attached hydrogen (secondary N) is 1. The molecule has 0 aliphatic rings. The van der Waals surface area contributed by atoms with E-state index in [1.54, 1.807) is 39.3 Å². The van der Waals surface area contributed by atoms with E-state index in [1.165, 1.54) is 12.1 Å². The normalized spacial score (nSPS) is 12.6. The third kappa shape index (κ3) is 5.44. The van der Waals surface area contributed by atoms with Gasteiger partial charge in [-0.2, -0.15) is 0 Å². The van der Waals surface area contributed by atoms with Gasteiger partial charge in [0.15, 0.2) is 0 Å². The molecule has 0 heterocycles. The minimum absolute atomic E-state index is 0.177. The summed E-state index contributed by atoms with van der Waals surface area (Å²) >= 11 is 3.41. The smallest absolute Gasteiger partial charge is 0.241 e. The van der Waals surface area contributed by atoms with Crippen LogP contribution in [0.15, 0.2) is 51.8 Å². The van der Waals surface area contributed by atoms with Gasteiger partial charge in [0.1, 0.15) is 18.1 Å². The Hall–Kier alpha value is -1.61. The zero-order valence-corrected chi connectivity index (χ0v) is 17.3. The molecule has 1 N–H and O–H groups in total. The van der Waals surface area contributed by atoms with Crippen LogP contribution in [0.4, 0.5) is 0 Å². The highest BCUT2D eigenvalue weighted by Gasteiger charge is 2.19. The maximum atomic E-state index is 12.6. The number of methoxy groups -OCH3 is 2. The molecule has 0 amide bonds. The highest BCUT2D eigenvalue weighted by atomic mass is 79.9. The Bertz CT molecular complexity index is 824. The van der Waals surface area contributed by atoms with E-state index < -0.39 is 16.1 Å². The fourth-order valence-electron chi connectivity index (χ4n) is 2.28. The van der Waals surface area contributed by atoms with E-state index in [0.29, 0.717) is 24.7 Å². The van der Waals surface area contributed by atoms with Crippen molar-refractivity contribution in [2.45, 2.75) is 17.9 Å². The minimum Gasteiger partial charge on any atom is -0.496 e. The monoisotopic (exact) mass is 443 g/mol. The molecule has 26 heavy (non-hydrogen) atoms. The number of ether oxygens (including phenoxy) is 3. The van der Waals surface area contributed by atoms with Crippen molar-refractivity contribution in [1.82, 2.24) is 4.72 Å². The van der Waals surface area contributed by atoms with Gasteiger partial charge >= 0.3 is 0 Å². The second-order valence-electron chi connectivity index (χ2n) is 5.55. The molecule has 1 atom stereocenters. The van der Waals surface area contributed by atoms with Gasteiger partial charge in [0.2, 0.25) is 10.0 Å². The molecule has 2 aromatic rings. The van der Waals surface area contributed by atoms with Crippen LogP contribution in [0.25, 0.3) is 0 Å². The van der Waals surface area contributed by atoms with Gasteiger partial charge in [0.25, 0.3) is 0 Å². The lowest BCUT2D eigenvalue weighted by molar-refractivity contribution is 0.146. The SMILES string of the molecule is COCCOc1ccc(S(=O)(=O)NC(C)c2ccc(OC)c(Br)c2)cc1. The first-order chi connectivity index (χ1) is 12.4. The number of halogens is 1. The van der Waals surface area contributed by atoms with Crippen molar-refractivity contribution in [1.29, 1.82) is 0 Å². The standard InChI is InChI=1S/C18H22BrNO5S/c1-13(14-4-9-18(24-3)17(19)12-14)20-26(21,22)16-7-5-15(6-8-16)25-11-10-23-2/h4-9,12-13,20H,10-11H2,1-3H3. The summed E-state index contributed by atoms with van der Waals surface area (Å²) in [7, 11) is -0.486. The predicted molar refractivity (Wildman–Crippen MR) is 103 cm³/mol. The van der Waals surface area contributed by atoms with Crippen molar-refractivity contribution in [3.05, 3.63) is 52.5 Å². The summed E-state index contributed by atoms with van der Waals surface area (Å²) in [6, 6.07) is 11.3. The number of sulfonamides is 1. The average molecular weight is 444 g/mol. The largest absolute Gasteiger partial charge is 0.496 e. The van der Waals surface area contributed by atoms with E-state index in [-0.39, 0.29) is 4.90 Å². The molecule has 2 rings (SSSR count). The van der Waals surface area contributed by atoms with Gasteiger partial charge in [-0.3, -0.25) is 0 Å². The third-order valence-corrected chi connectivity index (χ3v) is 5.87. The molecule has 0 bridgehead atoms. The van der Waals surface area contributed by atoms with Gasteiger partial charge in [-0.05, 0) is 64.8 Å². The molecule has 8 heteroatoms. The van der Waals surface area contributed by atoms with Crippen molar-refractivity contribution in [2.75, 3.05) is 27.4 Å². The molecule has 1 unspecified atom stereocenters. The van der Waals surface area contributed by atoms with Gasteiger partial charge in [-0.1, -0.05) is 6.07 Å². The molecule has 0 aliphatic heterocycles. The van der Waals surface area contributed by atoms with Crippen molar-refractivity contribution in [3.8, 4) is 11.5 Å². The van der Waals surface area contributed by atoms with Crippen LogP contribution in [0, 0.1) is 0 Å². The van der Waals surface area contributed by atoms with Gasteiger partial charge in [0.05, 0.1) is 23.1 Å². The molecule has 0 spiro atoms. The van der Waals surface area contributed by atoms with Crippen molar-refractivity contribution < 1.29 is 22.6 Å². The molecular weight excluding hydrogens is 422 g/mol. The molecular formula is C18H22BrNO5S. The molecule has 2 aromatic carbocycles. The van der Waals surface area contributed by atoms with Crippen LogP contribution in [0.1, 0.15) is 18.5 Å². The van der Waals surface area contributed by atoms with Gasteiger partial charge in [-0.25, -0.2) is 13.1 Å². The van der Waals surface area contributed by atoms with E-state index >= 15 is 0 Å². The molecule has 6 nitrogen and oxygen atoms in total. The zero-order chi connectivity index (χ0) is 19.2. The fraction of sp³-hybridized carbons (Fsp3) is 0.333. The van der Waals surface area contributed by atoms with Crippen LogP contribution in [0.2, 0.25) is 0 Å². The Morgan fingerprint density at radius 3 is 2.35 bits per heavy atom. The van der Waals surface area contributed by atoms with Crippen molar-refractivity contribution >= 4 is 26.0 Å². The van der Waals surface area contributed by atoms with Crippen molar-refractivity contribution in [3.63, 3.8) is 0 Å². The lowest BCUT2D eigenvalue weighted by Crippen LogP contribution is -2.26. The maximum absolute atomic E-state index is 12.6. The van der Waals surface area contributed by atoms with Crippen LogP contribution in [0.3, 0.4) is 0 Å².